The summed E-state index contributed by atoms with van der Waals surface area (Å²) in [6, 6.07) is 6.81. The van der Waals surface area contributed by atoms with Crippen molar-refractivity contribution in [1.82, 2.24) is 15.0 Å². The number of alkyl halides is 3. The summed E-state index contributed by atoms with van der Waals surface area (Å²) in [5, 5.41) is 7.70. The van der Waals surface area contributed by atoms with Gasteiger partial charge in [-0.3, -0.25) is 0 Å². The number of allylic oxidation sites excluding steroid dienone is 1. The number of unbranched alkanes of at least 4 members (excludes halogenated alkanes) is 4. The number of para-hydroxylation sites is 1. The molecule has 0 saturated heterocycles. The first-order valence-corrected chi connectivity index (χ1v) is 9.67. The topological polar surface area (TPSA) is 74.1 Å². The van der Waals surface area contributed by atoms with E-state index in [1.807, 2.05) is 6.92 Å². The summed E-state index contributed by atoms with van der Waals surface area (Å²) in [7, 11) is -5.73. The molecule has 0 unspecified atom stereocenters. The average molecular weight is 391 g/mol. The van der Waals surface area contributed by atoms with Gasteiger partial charge in [-0.05, 0) is 18.6 Å². The summed E-state index contributed by atoms with van der Waals surface area (Å²) in [5.41, 5.74) is -4.42. The van der Waals surface area contributed by atoms with E-state index in [-0.39, 0.29) is 12.2 Å². The quantitative estimate of drug-likeness (QED) is 0.273. The summed E-state index contributed by atoms with van der Waals surface area (Å²) in [6.45, 7) is 2.04. The third kappa shape index (κ3) is 5.20. The Morgan fingerprint density at radius 1 is 1.19 bits per heavy atom. The first kappa shape index (κ1) is 20.2. The normalized spacial score (nSPS) is 13.3. The van der Waals surface area contributed by atoms with Gasteiger partial charge in [-0.2, -0.15) is 21.6 Å². The van der Waals surface area contributed by atoms with Gasteiger partial charge < -0.3 is 4.18 Å². The second kappa shape index (κ2) is 8.52. The third-order valence-corrected chi connectivity index (χ3v) is 4.67. The summed E-state index contributed by atoms with van der Waals surface area (Å²) in [6.07, 6.45) is 5.40. The molecule has 0 N–H and O–H groups in total. The highest BCUT2D eigenvalue weighted by molar-refractivity contribution is 7.87. The Bertz CT molecular complexity index is 860. The SMILES string of the molecule is CCCCCCC/C(=C\n1nnc2ccccc21)OS(=O)(=O)C(F)(F)F. The van der Waals surface area contributed by atoms with Crippen molar-refractivity contribution in [1.29, 1.82) is 0 Å². The molecule has 0 saturated carbocycles. The Morgan fingerprint density at radius 3 is 2.58 bits per heavy atom. The molecule has 10 heteroatoms. The number of aromatic nitrogens is 3. The van der Waals surface area contributed by atoms with Crippen LogP contribution in [0.25, 0.3) is 17.2 Å². The highest BCUT2D eigenvalue weighted by Crippen LogP contribution is 2.28. The van der Waals surface area contributed by atoms with E-state index in [2.05, 4.69) is 14.5 Å². The zero-order valence-corrected chi connectivity index (χ0v) is 15.1. The van der Waals surface area contributed by atoms with Gasteiger partial charge in [0.05, 0.1) is 11.7 Å². The van der Waals surface area contributed by atoms with Gasteiger partial charge in [0.1, 0.15) is 11.3 Å². The van der Waals surface area contributed by atoms with Gasteiger partial charge in [-0.1, -0.05) is 50.0 Å². The van der Waals surface area contributed by atoms with Gasteiger partial charge in [0, 0.05) is 6.42 Å². The Kier molecular flexibility index (Phi) is 6.63. The van der Waals surface area contributed by atoms with Crippen molar-refractivity contribution in [2.75, 3.05) is 0 Å². The monoisotopic (exact) mass is 391 g/mol. The number of halogens is 3. The van der Waals surface area contributed by atoms with Gasteiger partial charge in [-0.15, -0.1) is 5.10 Å². The van der Waals surface area contributed by atoms with Crippen molar-refractivity contribution in [3.05, 3.63) is 30.0 Å². The van der Waals surface area contributed by atoms with E-state index in [9.17, 15) is 21.6 Å². The van der Waals surface area contributed by atoms with Gasteiger partial charge >= 0.3 is 15.6 Å². The Morgan fingerprint density at radius 2 is 1.88 bits per heavy atom. The van der Waals surface area contributed by atoms with E-state index in [1.54, 1.807) is 24.3 Å². The Balaban J connectivity index is 2.24. The van der Waals surface area contributed by atoms with Crippen LogP contribution in [0.3, 0.4) is 0 Å². The van der Waals surface area contributed by atoms with Crippen LogP contribution in [0.1, 0.15) is 45.4 Å². The van der Waals surface area contributed by atoms with E-state index in [0.29, 0.717) is 17.5 Å². The molecule has 1 heterocycles. The number of fused-ring (bicyclic) bond motifs is 1. The minimum atomic E-state index is -5.73. The van der Waals surface area contributed by atoms with Crippen LogP contribution in [0, 0.1) is 0 Å². The molecule has 1 aromatic heterocycles. The van der Waals surface area contributed by atoms with Gasteiger partial charge in [-0.25, -0.2) is 4.68 Å². The third-order valence-electron chi connectivity index (χ3n) is 3.67. The van der Waals surface area contributed by atoms with Crippen LogP contribution in [0.4, 0.5) is 13.2 Å². The van der Waals surface area contributed by atoms with E-state index in [0.717, 1.165) is 31.9 Å². The fraction of sp³-hybridized carbons (Fsp3) is 0.500. The highest BCUT2D eigenvalue weighted by Gasteiger charge is 2.48. The van der Waals surface area contributed by atoms with Crippen molar-refractivity contribution < 1.29 is 25.8 Å². The highest BCUT2D eigenvalue weighted by atomic mass is 32.2. The second-order valence-corrected chi connectivity index (χ2v) is 7.30. The molecule has 0 aliphatic rings. The first-order chi connectivity index (χ1) is 12.2. The molecule has 0 radical (unpaired) electrons. The lowest BCUT2D eigenvalue weighted by Crippen LogP contribution is -2.25. The lowest BCUT2D eigenvalue weighted by Gasteiger charge is -2.12. The Labute approximate surface area is 149 Å². The fourth-order valence-corrected chi connectivity index (χ4v) is 2.84. The lowest BCUT2D eigenvalue weighted by molar-refractivity contribution is -0.0523. The standard InChI is InChI=1S/C16H20F3N3O3S/c1-2-3-4-5-6-9-13(25-26(23,24)16(17,18)19)12-22-15-11-8-7-10-14(15)20-21-22/h7-8,10-12H,2-6,9H2,1H3/b13-12+. The average Bonchev–Trinajstić information content (AvgIpc) is 2.96. The maximum Gasteiger partial charge on any atom is 0.534 e. The van der Waals surface area contributed by atoms with E-state index < -0.39 is 15.6 Å². The minimum absolute atomic E-state index is 0.0488. The molecule has 0 spiro atoms. The molecule has 0 aliphatic heterocycles. The Hall–Kier alpha value is -2.10. The number of hydrogen-bond donors (Lipinski definition) is 0. The van der Waals surface area contributed by atoms with Gasteiger partial charge in [0.25, 0.3) is 0 Å². The number of rotatable bonds is 9. The molecule has 2 aromatic rings. The van der Waals surface area contributed by atoms with Gasteiger partial charge in [0.15, 0.2) is 0 Å². The maximum absolute atomic E-state index is 12.6. The predicted octanol–water partition coefficient (Wildman–Crippen LogP) is 4.46. The van der Waals surface area contributed by atoms with Gasteiger partial charge in [0.2, 0.25) is 0 Å². The molecule has 0 amide bonds. The molecular formula is C16H20F3N3O3S. The van der Waals surface area contributed by atoms with E-state index in [1.165, 1.54) is 4.68 Å². The van der Waals surface area contributed by atoms with E-state index >= 15 is 0 Å². The molecule has 26 heavy (non-hydrogen) atoms. The van der Waals surface area contributed by atoms with Crippen molar-refractivity contribution >= 4 is 27.4 Å². The summed E-state index contributed by atoms with van der Waals surface area (Å²) >= 11 is 0. The molecule has 0 atom stereocenters. The number of hydrogen-bond acceptors (Lipinski definition) is 5. The zero-order chi connectivity index (χ0) is 19.2. The molecule has 0 aliphatic carbocycles. The van der Waals surface area contributed by atoms with Crippen LogP contribution in [-0.4, -0.2) is 28.9 Å². The largest absolute Gasteiger partial charge is 0.534 e. The van der Waals surface area contributed by atoms with Crippen LogP contribution in [0.15, 0.2) is 30.0 Å². The maximum atomic E-state index is 12.6. The molecule has 2 rings (SSSR count). The molecule has 0 bridgehead atoms. The number of nitrogens with zero attached hydrogens (tertiary/aromatic N) is 3. The van der Waals surface area contributed by atoms with Crippen LogP contribution in [0.5, 0.6) is 0 Å². The second-order valence-electron chi connectivity index (χ2n) is 5.77. The van der Waals surface area contributed by atoms with Crippen molar-refractivity contribution in [2.45, 2.75) is 51.0 Å². The summed E-state index contributed by atoms with van der Waals surface area (Å²) in [5.74, 6) is -0.325. The van der Waals surface area contributed by atoms with Crippen LogP contribution in [0.2, 0.25) is 0 Å². The minimum Gasteiger partial charge on any atom is -0.379 e. The molecule has 0 fully saturated rings. The van der Waals surface area contributed by atoms with Crippen molar-refractivity contribution in [3.63, 3.8) is 0 Å². The van der Waals surface area contributed by atoms with Crippen molar-refractivity contribution in [2.24, 2.45) is 0 Å². The number of benzene rings is 1. The van der Waals surface area contributed by atoms with Crippen molar-refractivity contribution in [3.8, 4) is 0 Å². The molecular weight excluding hydrogens is 371 g/mol. The fourth-order valence-electron chi connectivity index (χ4n) is 2.34. The summed E-state index contributed by atoms with van der Waals surface area (Å²) < 4.78 is 66.2. The van der Waals surface area contributed by atoms with E-state index in [4.69, 9.17) is 0 Å². The summed E-state index contributed by atoms with van der Waals surface area (Å²) in [4.78, 5) is 0. The van der Waals surface area contributed by atoms with Crippen LogP contribution < -0.4 is 0 Å². The predicted molar refractivity (Wildman–Crippen MR) is 91.2 cm³/mol. The zero-order valence-electron chi connectivity index (χ0n) is 14.2. The molecule has 144 valence electrons. The van der Waals surface area contributed by atoms with Crippen LogP contribution in [-0.2, 0) is 14.3 Å². The molecule has 1 aromatic carbocycles. The smallest absolute Gasteiger partial charge is 0.379 e. The lowest BCUT2D eigenvalue weighted by atomic mass is 10.1. The van der Waals surface area contributed by atoms with Crippen LogP contribution >= 0.6 is 0 Å². The first-order valence-electron chi connectivity index (χ1n) is 8.26. The molecule has 6 nitrogen and oxygen atoms in total.